The van der Waals surface area contributed by atoms with Crippen LogP contribution in [0.5, 0.6) is 0 Å². The van der Waals surface area contributed by atoms with Crippen molar-refractivity contribution in [2.45, 2.75) is 19.5 Å². The van der Waals surface area contributed by atoms with Crippen LogP contribution in [-0.4, -0.2) is 31.6 Å². The van der Waals surface area contributed by atoms with Gasteiger partial charge in [-0.15, -0.1) is 0 Å². The molecular formula is C19H18FN5O4. The SMILES string of the molecule is O=C(CCn1ccc(=O)[nH]c1=O)NCCn1cnc(-c2ccc(F)cc2)cc1=O. The van der Waals surface area contributed by atoms with E-state index in [0.717, 1.165) is 0 Å². The van der Waals surface area contributed by atoms with E-state index in [1.54, 1.807) is 0 Å². The molecule has 0 aliphatic carbocycles. The first-order valence-electron chi connectivity index (χ1n) is 8.81. The number of hydrogen-bond acceptors (Lipinski definition) is 5. The minimum atomic E-state index is -0.579. The second kappa shape index (κ2) is 8.91. The molecule has 1 aromatic carbocycles. The molecule has 0 saturated carbocycles. The number of H-pyrrole nitrogens is 1. The Morgan fingerprint density at radius 3 is 2.52 bits per heavy atom. The maximum Gasteiger partial charge on any atom is 0.328 e. The lowest BCUT2D eigenvalue weighted by Gasteiger charge is -2.09. The first-order valence-corrected chi connectivity index (χ1v) is 8.81. The van der Waals surface area contributed by atoms with E-state index in [9.17, 15) is 23.6 Å². The molecule has 1 amide bonds. The Kier molecular flexibility index (Phi) is 6.12. The smallest absolute Gasteiger partial charge is 0.328 e. The molecule has 3 aromatic rings. The van der Waals surface area contributed by atoms with Gasteiger partial charge in [-0.25, -0.2) is 14.2 Å². The number of carbonyl (C=O) groups is 1. The Morgan fingerprint density at radius 2 is 1.83 bits per heavy atom. The van der Waals surface area contributed by atoms with E-state index >= 15 is 0 Å². The van der Waals surface area contributed by atoms with Gasteiger partial charge in [0.25, 0.3) is 11.1 Å². The van der Waals surface area contributed by atoms with Crippen LogP contribution in [0.1, 0.15) is 6.42 Å². The molecule has 150 valence electrons. The number of aromatic amines is 1. The van der Waals surface area contributed by atoms with Gasteiger partial charge in [0.15, 0.2) is 0 Å². The van der Waals surface area contributed by atoms with Crippen LogP contribution < -0.4 is 22.1 Å². The molecule has 3 rings (SSSR count). The van der Waals surface area contributed by atoms with Crippen LogP contribution in [0.4, 0.5) is 4.39 Å². The van der Waals surface area contributed by atoms with Crippen molar-refractivity contribution >= 4 is 5.91 Å². The van der Waals surface area contributed by atoms with Gasteiger partial charge < -0.3 is 9.88 Å². The molecule has 0 saturated heterocycles. The van der Waals surface area contributed by atoms with Crippen LogP contribution in [0.3, 0.4) is 0 Å². The van der Waals surface area contributed by atoms with Gasteiger partial charge in [-0.3, -0.25) is 23.9 Å². The van der Waals surface area contributed by atoms with E-state index in [2.05, 4.69) is 15.3 Å². The van der Waals surface area contributed by atoms with E-state index in [1.165, 1.54) is 58.1 Å². The average Bonchev–Trinajstić information content (AvgIpc) is 2.69. The van der Waals surface area contributed by atoms with Gasteiger partial charge in [-0.1, -0.05) is 0 Å². The summed E-state index contributed by atoms with van der Waals surface area (Å²) in [5.41, 5.74) is -0.319. The third-order valence-corrected chi connectivity index (χ3v) is 4.17. The van der Waals surface area contributed by atoms with E-state index in [-0.39, 0.29) is 43.3 Å². The number of nitrogens with one attached hydrogen (secondary N) is 2. The zero-order chi connectivity index (χ0) is 20.8. The first-order chi connectivity index (χ1) is 13.9. The summed E-state index contributed by atoms with van der Waals surface area (Å²) in [6.45, 7) is 0.548. The Morgan fingerprint density at radius 1 is 1.07 bits per heavy atom. The van der Waals surface area contributed by atoms with Gasteiger partial charge >= 0.3 is 5.69 Å². The molecule has 10 heteroatoms. The molecule has 0 spiro atoms. The summed E-state index contributed by atoms with van der Waals surface area (Å²) in [5, 5.41) is 2.66. The highest BCUT2D eigenvalue weighted by molar-refractivity contribution is 5.75. The fraction of sp³-hybridized carbons (Fsp3) is 0.211. The minimum Gasteiger partial charge on any atom is -0.354 e. The molecule has 0 fully saturated rings. The third-order valence-electron chi connectivity index (χ3n) is 4.17. The molecule has 0 radical (unpaired) electrons. The van der Waals surface area contributed by atoms with E-state index < -0.39 is 11.2 Å². The number of rotatable bonds is 7. The summed E-state index contributed by atoms with van der Waals surface area (Å²) in [6, 6.07) is 8.20. The van der Waals surface area contributed by atoms with Crippen molar-refractivity contribution < 1.29 is 9.18 Å². The molecule has 0 aliphatic heterocycles. The number of aromatic nitrogens is 4. The lowest BCUT2D eigenvalue weighted by Crippen LogP contribution is -2.33. The van der Waals surface area contributed by atoms with Gasteiger partial charge in [-0.2, -0.15) is 0 Å². The Labute approximate surface area is 163 Å². The van der Waals surface area contributed by atoms with E-state index in [4.69, 9.17) is 0 Å². The zero-order valence-electron chi connectivity index (χ0n) is 15.3. The van der Waals surface area contributed by atoms with E-state index in [1.807, 2.05) is 0 Å². The number of aryl methyl sites for hydroxylation is 1. The number of hydrogen-bond donors (Lipinski definition) is 2. The van der Waals surface area contributed by atoms with E-state index in [0.29, 0.717) is 11.3 Å². The molecule has 0 aliphatic rings. The topological polar surface area (TPSA) is 119 Å². The van der Waals surface area contributed by atoms with Gasteiger partial charge in [0, 0.05) is 49.9 Å². The summed E-state index contributed by atoms with van der Waals surface area (Å²) in [4.78, 5) is 53.0. The largest absolute Gasteiger partial charge is 0.354 e. The van der Waals surface area contributed by atoms with Gasteiger partial charge in [0.1, 0.15) is 5.82 Å². The Hall–Kier alpha value is -3.82. The average molecular weight is 399 g/mol. The van der Waals surface area contributed by atoms with Gasteiger partial charge in [0.05, 0.1) is 12.0 Å². The van der Waals surface area contributed by atoms with Crippen LogP contribution in [0.2, 0.25) is 0 Å². The summed E-state index contributed by atoms with van der Waals surface area (Å²) in [6.07, 6.45) is 2.73. The normalized spacial score (nSPS) is 10.7. The first kappa shape index (κ1) is 19.9. The monoisotopic (exact) mass is 399 g/mol. The van der Waals surface area contributed by atoms with Crippen LogP contribution in [-0.2, 0) is 17.9 Å². The molecular weight excluding hydrogens is 381 g/mol. The summed E-state index contributed by atoms with van der Waals surface area (Å²) in [7, 11) is 0. The fourth-order valence-electron chi connectivity index (χ4n) is 2.62. The van der Waals surface area contributed by atoms with Crippen molar-refractivity contribution in [2.24, 2.45) is 0 Å². The highest BCUT2D eigenvalue weighted by Crippen LogP contribution is 2.14. The molecule has 0 atom stereocenters. The lowest BCUT2D eigenvalue weighted by atomic mass is 10.1. The third kappa shape index (κ3) is 5.34. The quantitative estimate of drug-likeness (QED) is 0.584. The zero-order valence-corrected chi connectivity index (χ0v) is 15.3. The maximum absolute atomic E-state index is 13.0. The molecule has 0 unspecified atom stereocenters. The summed E-state index contributed by atoms with van der Waals surface area (Å²) < 4.78 is 15.6. The molecule has 2 aromatic heterocycles. The Bertz CT molecular complexity index is 1180. The van der Waals surface area contributed by atoms with Crippen molar-refractivity contribution in [2.75, 3.05) is 6.54 Å². The van der Waals surface area contributed by atoms with Crippen LogP contribution in [0.25, 0.3) is 11.3 Å². The summed E-state index contributed by atoms with van der Waals surface area (Å²) in [5.74, 6) is -0.671. The summed E-state index contributed by atoms with van der Waals surface area (Å²) >= 11 is 0. The number of benzene rings is 1. The highest BCUT2D eigenvalue weighted by atomic mass is 19.1. The molecule has 29 heavy (non-hydrogen) atoms. The van der Waals surface area contributed by atoms with Crippen molar-refractivity contribution in [3.8, 4) is 11.3 Å². The lowest BCUT2D eigenvalue weighted by molar-refractivity contribution is -0.121. The maximum atomic E-state index is 13.0. The fourth-order valence-corrected chi connectivity index (χ4v) is 2.62. The van der Waals surface area contributed by atoms with Crippen molar-refractivity contribution in [3.63, 3.8) is 0 Å². The van der Waals surface area contributed by atoms with Gasteiger partial charge in [0.2, 0.25) is 5.91 Å². The number of amides is 1. The van der Waals surface area contributed by atoms with Crippen molar-refractivity contribution in [3.05, 3.63) is 85.9 Å². The predicted octanol–water partition coefficient (Wildman–Crippen LogP) is 0.106. The second-order valence-corrected chi connectivity index (χ2v) is 6.22. The van der Waals surface area contributed by atoms with Crippen LogP contribution in [0, 0.1) is 5.82 Å². The van der Waals surface area contributed by atoms with Crippen molar-refractivity contribution in [1.82, 2.24) is 24.4 Å². The van der Waals surface area contributed by atoms with Crippen LogP contribution in [0.15, 0.2) is 63.3 Å². The van der Waals surface area contributed by atoms with Gasteiger partial charge in [-0.05, 0) is 24.3 Å². The van der Waals surface area contributed by atoms with Crippen molar-refractivity contribution in [1.29, 1.82) is 0 Å². The molecule has 2 N–H and O–H groups in total. The Balaban J connectivity index is 1.51. The highest BCUT2D eigenvalue weighted by Gasteiger charge is 2.06. The number of halogens is 1. The number of nitrogens with zero attached hydrogens (tertiary/aromatic N) is 3. The predicted molar refractivity (Wildman–Crippen MR) is 103 cm³/mol. The standard InChI is InChI=1S/C19H18FN5O4/c20-14-3-1-13(2-4-14)15-11-18(28)25(12-22-15)10-7-21-16(26)5-8-24-9-6-17(27)23-19(24)29/h1-4,6,9,11-12H,5,7-8,10H2,(H,21,26)(H,23,27,29). The number of carbonyl (C=O) groups excluding carboxylic acids is 1. The molecule has 0 bridgehead atoms. The molecule has 9 nitrogen and oxygen atoms in total. The minimum absolute atomic E-state index is 0.0442. The van der Waals surface area contributed by atoms with Crippen LogP contribution >= 0.6 is 0 Å². The molecule has 2 heterocycles. The second-order valence-electron chi connectivity index (χ2n) is 6.22.